The molecule has 0 heterocycles. The summed E-state index contributed by atoms with van der Waals surface area (Å²) in [5.74, 6) is 0. The summed E-state index contributed by atoms with van der Waals surface area (Å²) in [5.41, 5.74) is 26.0. The maximum Gasteiger partial charge on any atom is 0.0540 e. The van der Waals surface area contributed by atoms with E-state index >= 15 is 0 Å². The van der Waals surface area contributed by atoms with Crippen LogP contribution >= 0.6 is 0 Å². The number of hydrogen-bond donors (Lipinski definition) is 0. The molecule has 10 aromatic carbocycles. The standard InChI is InChI=1S/C66H51N/c1-65(2)60-34-17-14-29-54(60)56-42-41-47(43-62(56)65)67(63-36-19-16-31-57(63)53-28-13-12-27-52(53)50-25-10-8-23-48(50)44-21-6-5-7-22-44)46-39-37-45(38-40-46)49-24-9-11-26-51(49)58-32-20-33-59-55-30-15-18-35-61(55)66(3,4)64(58)59/h5-43H,1-4H3. The minimum atomic E-state index is -0.151. The Morgan fingerprint density at radius 3 is 1.27 bits per heavy atom. The van der Waals surface area contributed by atoms with Gasteiger partial charge in [0.05, 0.1) is 5.69 Å². The molecule has 0 N–H and O–H groups in total. The van der Waals surface area contributed by atoms with Crippen LogP contribution in [0.25, 0.3) is 77.9 Å². The van der Waals surface area contributed by atoms with Gasteiger partial charge in [-0.3, -0.25) is 0 Å². The maximum absolute atomic E-state index is 2.48. The monoisotopic (exact) mass is 857 g/mol. The van der Waals surface area contributed by atoms with Crippen molar-refractivity contribution in [2.75, 3.05) is 4.90 Å². The molecule has 0 amide bonds. The zero-order valence-electron chi connectivity index (χ0n) is 38.5. The third-order valence-corrected chi connectivity index (χ3v) is 14.7. The normalized spacial score (nSPS) is 13.6. The highest BCUT2D eigenvalue weighted by molar-refractivity contribution is 5.98. The molecule has 0 aliphatic heterocycles. The first-order valence-corrected chi connectivity index (χ1v) is 23.6. The first-order chi connectivity index (χ1) is 32.8. The third-order valence-electron chi connectivity index (χ3n) is 14.7. The first-order valence-electron chi connectivity index (χ1n) is 23.6. The van der Waals surface area contributed by atoms with Crippen molar-refractivity contribution in [2.45, 2.75) is 38.5 Å². The van der Waals surface area contributed by atoms with Crippen molar-refractivity contribution in [3.63, 3.8) is 0 Å². The Balaban J connectivity index is 1.02. The molecule has 0 spiro atoms. The van der Waals surface area contributed by atoms with Gasteiger partial charge in [-0.05, 0) is 125 Å². The second kappa shape index (κ2) is 15.9. The largest absolute Gasteiger partial charge is 0.310 e. The summed E-state index contributed by atoms with van der Waals surface area (Å²) in [6, 6.07) is 87.5. The van der Waals surface area contributed by atoms with E-state index in [1.54, 1.807) is 0 Å². The highest BCUT2D eigenvalue weighted by Crippen LogP contribution is 2.54. The Morgan fingerprint density at radius 2 is 0.642 bits per heavy atom. The van der Waals surface area contributed by atoms with Gasteiger partial charge in [-0.2, -0.15) is 0 Å². The summed E-state index contributed by atoms with van der Waals surface area (Å²) in [4.78, 5) is 2.48. The summed E-state index contributed by atoms with van der Waals surface area (Å²) in [6.07, 6.45) is 0. The van der Waals surface area contributed by atoms with Crippen LogP contribution in [0.4, 0.5) is 17.1 Å². The summed E-state index contributed by atoms with van der Waals surface area (Å²) in [6.45, 7) is 9.50. The topological polar surface area (TPSA) is 3.24 Å². The average Bonchev–Trinajstić information content (AvgIpc) is 3.76. The fourth-order valence-corrected chi connectivity index (χ4v) is 11.5. The minimum Gasteiger partial charge on any atom is -0.310 e. The Bertz CT molecular complexity index is 3520. The molecule has 320 valence electrons. The van der Waals surface area contributed by atoms with Gasteiger partial charge in [0.2, 0.25) is 0 Å². The van der Waals surface area contributed by atoms with E-state index in [9.17, 15) is 0 Å². The highest BCUT2D eigenvalue weighted by Gasteiger charge is 2.38. The van der Waals surface area contributed by atoms with E-state index in [2.05, 4.69) is 269 Å². The number of hydrogen-bond acceptors (Lipinski definition) is 1. The van der Waals surface area contributed by atoms with Crippen LogP contribution in [0, 0.1) is 0 Å². The molecular weight excluding hydrogens is 807 g/mol. The Labute approximate surface area is 395 Å². The number of para-hydroxylation sites is 1. The molecular formula is C66H51N. The van der Waals surface area contributed by atoms with Crippen molar-refractivity contribution >= 4 is 17.1 Å². The molecule has 2 aliphatic carbocycles. The molecule has 0 saturated carbocycles. The van der Waals surface area contributed by atoms with E-state index in [0.717, 1.165) is 17.1 Å². The predicted molar refractivity (Wildman–Crippen MR) is 283 cm³/mol. The van der Waals surface area contributed by atoms with E-state index in [1.807, 2.05) is 0 Å². The Morgan fingerprint density at radius 1 is 0.254 bits per heavy atom. The number of nitrogens with zero attached hydrogens (tertiary/aromatic N) is 1. The molecule has 10 aromatic rings. The lowest BCUT2D eigenvalue weighted by atomic mass is 9.78. The van der Waals surface area contributed by atoms with E-state index in [-0.39, 0.29) is 10.8 Å². The quantitative estimate of drug-likeness (QED) is 0.147. The van der Waals surface area contributed by atoms with Crippen molar-refractivity contribution in [1.29, 1.82) is 0 Å². The van der Waals surface area contributed by atoms with Crippen LogP contribution in [-0.4, -0.2) is 0 Å². The van der Waals surface area contributed by atoms with Crippen LogP contribution in [0.1, 0.15) is 49.9 Å². The van der Waals surface area contributed by atoms with Gasteiger partial charge in [-0.1, -0.05) is 234 Å². The molecule has 0 fully saturated rings. The molecule has 1 nitrogen and oxygen atoms in total. The number of anilines is 3. The van der Waals surface area contributed by atoms with Gasteiger partial charge >= 0.3 is 0 Å². The summed E-state index contributed by atoms with van der Waals surface area (Å²) < 4.78 is 0. The van der Waals surface area contributed by atoms with Crippen molar-refractivity contribution in [3.05, 3.63) is 259 Å². The van der Waals surface area contributed by atoms with Crippen molar-refractivity contribution < 1.29 is 0 Å². The van der Waals surface area contributed by atoms with Gasteiger partial charge in [0.15, 0.2) is 0 Å². The van der Waals surface area contributed by atoms with Gasteiger partial charge in [0, 0.05) is 27.8 Å². The molecule has 0 bridgehead atoms. The van der Waals surface area contributed by atoms with Crippen LogP contribution < -0.4 is 4.90 Å². The number of rotatable bonds is 8. The van der Waals surface area contributed by atoms with Crippen molar-refractivity contribution in [2.24, 2.45) is 0 Å². The van der Waals surface area contributed by atoms with E-state index in [0.29, 0.717) is 0 Å². The molecule has 67 heavy (non-hydrogen) atoms. The fraction of sp³-hybridized carbons (Fsp3) is 0.0909. The molecule has 0 atom stereocenters. The molecule has 12 rings (SSSR count). The van der Waals surface area contributed by atoms with Gasteiger partial charge in [-0.25, -0.2) is 0 Å². The lowest BCUT2D eigenvalue weighted by molar-refractivity contribution is 0.660. The number of fused-ring (bicyclic) bond motifs is 6. The van der Waals surface area contributed by atoms with Crippen LogP contribution in [0.2, 0.25) is 0 Å². The Kier molecular flexibility index (Phi) is 9.59. The highest BCUT2D eigenvalue weighted by atomic mass is 15.1. The molecule has 0 saturated heterocycles. The van der Waals surface area contributed by atoms with Gasteiger partial charge in [0.25, 0.3) is 0 Å². The van der Waals surface area contributed by atoms with Gasteiger partial charge < -0.3 is 4.90 Å². The second-order valence-electron chi connectivity index (χ2n) is 19.2. The van der Waals surface area contributed by atoms with Crippen LogP contribution in [0.5, 0.6) is 0 Å². The van der Waals surface area contributed by atoms with E-state index < -0.39 is 0 Å². The second-order valence-corrected chi connectivity index (χ2v) is 19.2. The smallest absolute Gasteiger partial charge is 0.0540 e. The van der Waals surface area contributed by atoms with E-state index in [1.165, 1.54) is 100 Å². The minimum absolute atomic E-state index is 0.124. The first kappa shape index (κ1) is 40.5. The van der Waals surface area contributed by atoms with Crippen LogP contribution in [-0.2, 0) is 10.8 Å². The maximum atomic E-state index is 2.48. The van der Waals surface area contributed by atoms with Crippen LogP contribution in [0.15, 0.2) is 237 Å². The molecule has 2 aliphatic rings. The van der Waals surface area contributed by atoms with E-state index in [4.69, 9.17) is 0 Å². The zero-order valence-corrected chi connectivity index (χ0v) is 38.5. The van der Waals surface area contributed by atoms with Crippen molar-refractivity contribution in [3.8, 4) is 77.9 Å². The third kappa shape index (κ3) is 6.52. The molecule has 0 radical (unpaired) electrons. The Hall–Kier alpha value is -8.00. The summed E-state index contributed by atoms with van der Waals surface area (Å²) >= 11 is 0. The summed E-state index contributed by atoms with van der Waals surface area (Å²) in [7, 11) is 0. The zero-order chi connectivity index (χ0) is 45.3. The molecule has 0 aromatic heterocycles. The van der Waals surface area contributed by atoms with Crippen LogP contribution in [0.3, 0.4) is 0 Å². The SMILES string of the molecule is CC1(C)c2ccccc2-c2ccc(N(c3ccc(-c4ccccc4-c4cccc5c4C(C)(C)c4ccccc4-5)cc3)c3ccccc3-c3ccccc3-c3ccccc3-c3ccccc3)cc21. The lowest BCUT2D eigenvalue weighted by Crippen LogP contribution is -2.17. The average molecular weight is 858 g/mol. The fourth-order valence-electron chi connectivity index (χ4n) is 11.5. The summed E-state index contributed by atoms with van der Waals surface area (Å²) in [5, 5.41) is 0. The van der Waals surface area contributed by atoms with Gasteiger partial charge in [-0.15, -0.1) is 0 Å². The lowest BCUT2D eigenvalue weighted by Gasteiger charge is -2.30. The van der Waals surface area contributed by atoms with Gasteiger partial charge in [0.1, 0.15) is 0 Å². The predicted octanol–water partition coefficient (Wildman–Crippen LogP) is 18.1. The molecule has 1 heteroatoms. The molecule has 0 unspecified atom stereocenters. The van der Waals surface area contributed by atoms with Crippen molar-refractivity contribution in [1.82, 2.24) is 0 Å². The number of benzene rings is 10.